The number of rotatable bonds is 8. The number of nitrogens with zero attached hydrogens (tertiary/aromatic N) is 7. The van der Waals surface area contributed by atoms with Crippen LogP contribution in [0.2, 0.25) is 0 Å². The topological polar surface area (TPSA) is 104 Å². The molecular formula is C38H37F4N7O4. The van der Waals surface area contributed by atoms with E-state index in [-0.39, 0.29) is 41.1 Å². The molecule has 53 heavy (non-hydrogen) atoms. The molecule has 0 bridgehead atoms. The summed E-state index contributed by atoms with van der Waals surface area (Å²) in [5.74, 6) is 0.0176. The van der Waals surface area contributed by atoms with Crippen LogP contribution in [-0.2, 0) is 13.2 Å². The van der Waals surface area contributed by atoms with Crippen LogP contribution in [0.4, 0.5) is 17.6 Å². The Balaban J connectivity index is 1.18. The second-order valence-corrected chi connectivity index (χ2v) is 13.8. The number of halogens is 4. The number of alkyl halides is 3. The minimum atomic E-state index is -4.50. The maximum absolute atomic E-state index is 14.9. The maximum atomic E-state index is 14.9. The van der Waals surface area contributed by atoms with Crippen molar-refractivity contribution in [2.75, 3.05) is 40.3 Å². The average molecular weight is 732 g/mol. The maximum Gasteiger partial charge on any atom is 0.416 e. The number of benzene rings is 2. The first-order valence-electron chi connectivity index (χ1n) is 17.5. The molecule has 0 saturated carbocycles. The molecule has 0 radical (unpaired) electrons. The van der Waals surface area contributed by atoms with E-state index in [0.29, 0.717) is 34.6 Å². The zero-order valence-corrected chi connectivity index (χ0v) is 29.4. The second kappa shape index (κ2) is 13.9. The molecule has 0 unspecified atom stereocenters. The Labute approximate surface area is 302 Å². The van der Waals surface area contributed by atoms with Crippen LogP contribution in [0.25, 0.3) is 44.4 Å². The molecule has 8 rings (SSSR count). The predicted octanol–water partition coefficient (Wildman–Crippen LogP) is 7.73. The number of furan rings is 1. The summed E-state index contributed by atoms with van der Waals surface area (Å²) in [4.78, 5) is 4.37. The molecule has 276 valence electrons. The number of ether oxygens (including phenoxy) is 3. The van der Waals surface area contributed by atoms with Gasteiger partial charge in [-0.25, -0.2) is 4.39 Å². The Hall–Kier alpha value is -5.28. The molecule has 0 aliphatic carbocycles. The average Bonchev–Trinajstić information content (AvgIpc) is 3.73. The second-order valence-electron chi connectivity index (χ2n) is 13.8. The number of aromatic nitrogens is 5. The summed E-state index contributed by atoms with van der Waals surface area (Å²) in [6, 6.07) is 12.2. The van der Waals surface area contributed by atoms with Crippen molar-refractivity contribution in [3.8, 4) is 46.0 Å². The molecular weight excluding hydrogens is 694 g/mol. The SMILES string of the molecule is CN1CCC[C@@H](Oc2nnc(-c3ccc(C(F)(F)F)cc3)c3cc(Oc4cc(F)ccc4-c4nnc(O[C@@H]5CCCN(C)C5)c5c4ccn5C)oc23)C1. The molecule has 15 heteroatoms. The lowest BCUT2D eigenvalue weighted by Crippen LogP contribution is -2.38. The van der Waals surface area contributed by atoms with Gasteiger partial charge in [0.1, 0.15) is 40.7 Å². The van der Waals surface area contributed by atoms with Crippen LogP contribution in [0.5, 0.6) is 23.5 Å². The standard InChI is InChI=1S/C38H37F4N7O4/c1-47-15-4-6-25(20-47)50-36-34-28(14-17-49(34)3)33(44-45-36)27-13-12-24(39)18-30(27)52-31-19-29-32(22-8-10-23(11-9-22)38(40,41)42)43-46-37(35(29)53-31)51-26-7-5-16-48(2)21-26/h8-14,17-19,25-26H,4-7,15-16,20-21H2,1-3H3/t25-,26-/m1/s1. The van der Waals surface area contributed by atoms with E-state index < -0.39 is 17.6 Å². The highest BCUT2D eigenvalue weighted by Gasteiger charge is 2.31. The lowest BCUT2D eigenvalue weighted by Gasteiger charge is -2.29. The van der Waals surface area contributed by atoms with Gasteiger partial charge in [0.2, 0.25) is 5.58 Å². The molecule has 0 spiro atoms. The van der Waals surface area contributed by atoms with Gasteiger partial charge in [0.05, 0.1) is 10.9 Å². The molecule has 0 N–H and O–H groups in total. The van der Waals surface area contributed by atoms with Gasteiger partial charge in [-0.3, -0.25) is 0 Å². The van der Waals surface area contributed by atoms with E-state index in [0.717, 1.165) is 68.4 Å². The van der Waals surface area contributed by atoms with Crippen molar-refractivity contribution in [2.24, 2.45) is 7.05 Å². The van der Waals surface area contributed by atoms with Gasteiger partial charge < -0.3 is 33.0 Å². The zero-order chi connectivity index (χ0) is 36.9. The highest BCUT2D eigenvalue weighted by atomic mass is 19.4. The van der Waals surface area contributed by atoms with Crippen LogP contribution in [0, 0.1) is 5.82 Å². The van der Waals surface area contributed by atoms with Crippen LogP contribution in [0.1, 0.15) is 31.2 Å². The van der Waals surface area contributed by atoms with Gasteiger partial charge in [-0.15, -0.1) is 20.4 Å². The summed E-state index contributed by atoms with van der Waals surface area (Å²) in [6.07, 6.45) is 0.807. The van der Waals surface area contributed by atoms with Crippen LogP contribution in [-0.4, -0.2) is 87.2 Å². The summed E-state index contributed by atoms with van der Waals surface area (Å²) in [7, 11) is 5.96. The summed E-state index contributed by atoms with van der Waals surface area (Å²) in [5.41, 5.74) is 1.66. The fourth-order valence-electron chi connectivity index (χ4n) is 7.15. The first-order chi connectivity index (χ1) is 25.5. The largest absolute Gasteiger partial charge is 0.470 e. The summed E-state index contributed by atoms with van der Waals surface area (Å²) >= 11 is 0. The normalized spacial score (nSPS) is 18.8. The molecule has 2 saturated heterocycles. The van der Waals surface area contributed by atoms with Crippen molar-refractivity contribution in [1.82, 2.24) is 34.8 Å². The van der Waals surface area contributed by atoms with Crippen molar-refractivity contribution in [3.63, 3.8) is 0 Å². The Bertz CT molecular complexity index is 2270. The zero-order valence-electron chi connectivity index (χ0n) is 29.4. The Morgan fingerprint density at radius 3 is 2.09 bits per heavy atom. The third-order valence-electron chi connectivity index (χ3n) is 9.78. The Morgan fingerprint density at radius 1 is 0.755 bits per heavy atom. The third-order valence-corrected chi connectivity index (χ3v) is 9.78. The molecule has 4 aromatic heterocycles. The first kappa shape index (κ1) is 34.8. The van der Waals surface area contributed by atoms with E-state index in [1.54, 1.807) is 12.1 Å². The molecule has 11 nitrogen and oxygen atoms in total. The number of likely N-dealkylation sites (N-methyl/N-ethyl adjacent to an activating group) is 2. The van der Waals surface area contributed by atoms with E-state index in [4.69, 9.17) is 18.6 Å². The Kier molecular flexibility index (Phi) is 9.15. The molecule has 6 heterocycles. The number of fused-ring (bicyclic) bond motifs is 2. The molecule has 0 amide bonds. The van der Waals surface area contributed by atoms with Crippen LogP contribution >= 0.6 is 0 Å². The third kappa shape index (κ3) is 7.10. The molecule has 6 aromatic rings. The summed E-state index contributed by atoms with van der Waals surface area (Å²) in [5, 5.41) is 18.8. The van der Waals surface area contributed by atoms with Crippen molar-refractivity contribution < 1.29 is 36.2 Å². The van der Waals surface area contributed by atoms with Crippen LogP contribution in [0.3, 0.4) is 0 Å². The van der Waals surface area contributed by atoms with E-state index in [2.05, 4.69) is 37.2 Å². The van der Waals surface area contributed by atoms with Crippen LogP contribution < -0.4 is 14.2 Å². The quantitative estimate of drug-likeness (QED) is 0.145. The smallest absolute Gasteiger partial charge is 0.416 e. The fourth-order valence-corrected chi connectivity index (χ4v) is 7.15. The van der Waals surface area contributed by atoms with Crippen molar-refractivity contribution in [3.05, 3.63) is 72.2 Å². The Morgan fingerprint density at radius 2 is 1.42 bits per heavy atom. The molecule has 2 fully saturated rings. The molecule has 2 aromatic carbocycles. The van der Waals surface area contributed by atoms with Crippen molar-refractivity contribution in [2.45, 2.75) is 44.1 Å². The predicted molar refractivity (Wildman–Crippen MR) is 189 cm³/mol. The monoisotopic (exact) mass is 731 g/mol. The van der Waals surface area contributed by atoms with Gasteiger partial charge in [-0.2, -0.15) is 13.2 Å². The van der Waals surface area contributed by atoms with E-state index in [9.17, 15) is 17.6 Å². The minimum absolute atomic E-state index is 0.0332. The summed E-state index contributed by atoms with van der Waals surface area (Å²) in [6.45, 7) is 3.39. The fraction of sp³-hybridized carbons (Fsp3) is 0.368. The van der Waals surface area contributed by atoms with Gasteiger partial charge >= 0.3 is 6.18 Å². The minimum Gasteiger partial charge on any atom is -0.470 e. The highest BCUT2D eigenvalue weighted by Crippen LogP contribution is 2.43. The molecule has 2 aliphatic rings. The van der Waals surface area contributed by atoms with Gasteiger partial charge in [-0.05, 0) is 83.2 Å². The van der Waals surface area contributed by atoms with Gasteiger partial charge in [0.15, 0.2) is 0 Å². The van der Waals surface area contributed by atoms with E-state index >= 15 is 0 Å². The van der Waals surface area contributed by atoms with Gasteiger partial charge in [-0.1, -0.05) is 12.1 Å². The lowest BCUT2D eigenvalue weighted by atomic mass is 10.1. The number of aryl methyl sites for hydroxylation is 1. The van der Waals surface area contributed by atoms with Gasteiger partial charge in [0, 0.05) is 55.0 Å². The van der Waals surface area contributed by atoms with E-state index in [1.807, 2.05) is 30.9 Å². The summed E-state index contributed by atoms with van der Waals surface area (Å²) < 4.78 is 82.0. The number of hydrogen-bond acceptors (Lipinski definition) is 10. The number of likely N-dealkylation sites (tertiary alicyclic amines) is 2. The van der Waals surface area contributed by atoms with E-state index in [1.165, 1.54) is 24.3 Å². The number of piperidine rings is 2. The van der Waals surface area contributed by atoms with Gasteiger partial charge in [0.25, 0.3) is 17.7 Å². The first-order valence-corrected chi connectivity index (χ1v) is 17.5. The lowest BCUT2D eigenvalue weighted by molar-refractivity contribution is -0.137. The molecule has 2 atom stereocenters. The highest BCUT2D eigenvalue weighted by molar-refractivity contribution is 5.97. The van der Waals surface area contributed by atoms with Crippen LogP contribution in [0.15, 0.2) is 65.2 Å². The molecule has 2 aliphatic heterocycles. The van der Waals surface area contributed by atoms with Crippen molar-refractivity contribution >= 4 is 21.9 Å². The van der Waals surface area contributed by atoms with Crippen molar-refractivity contribution in [1.29, 1.82) is 0 Å². The number of hydrogen-bond donors (Lipinski definition) is 0.